The minimum absolute atomic E-state index is 1.17. The maximum absolute atomic E-state index is 3.47. The molecule has 0 nitrogen and oxygen atoms in total. The summed E-state index contributed by atoms with van der Waals surface area (Å²) < 4.78 is 0. The molecule has 0 fully saturated rings. The van der Waals surface area contributed by atoms with E-state index >= 15 is 0 Å². The minimum Gasteiger partial charge on any atom is -0.0928 e. The zero-order chi connectivity index (χ0) is 13.3. The van der Waals surface area contributed by atoms with Crippen molar-refractivity contribution in [2.75, 3.05) is 5.33 Å². The van der Waals surface area contributed by atoms with E-state index in [0.29, 0.717) is 0 Å². The minimum atomic E-state index is 1.17. The molecule has 0 N–H and O–H groups in total. The van der Waals surface area contributed by atoms with Gasteiger partial charge in [0.05, 0.1) is 0 Å². The molecule has 0 aromatic carbocycles. The lowest BCUT2D eigenvalue weighted by Crippen LogP contribution is -1.79. The van der Waals surface area contributed by atoms with Crippen LogP contribution < -0.4 is 0 Å². The summed E-state index contributed by atoms with van der Waals surface area (Å²) >= 11 is 3.47. The first-order chi connectivity index (χ1) is 8.91. The average molecular weight is 315 g/mol. The van der Waals surface area contributed by atoms with Crippen molar-refractivity contribution >= 4 is 15.9 Å². The predicted molar refractivity (Wildman–Crippen MR) is 88.5 cm³/mol. The second kappa shape index (κ2) is 17.0. The molecule has 0 rings (SSSR count). The van der Waals surface area contributed by atoms with Crippen LogP contribution in [0.2, 0.25) is 0 Å². The molecule has 1 heteroatoms. The van der Waals surface area contributed by atoms with Crippen LogP contribution in [0.1, 0.15) is 77.6 Å². The van der Waals surface area contributed by atoms with Crippen LogP contribution in [0.25, 0.3) is 0 Å². The lowest BCUT2D eigenvalue weighted by Gasteiger charge is -1.98. The normalized spacial score (nSPS) is 11.9. The standard InChI is InChI=1S/C17H31Br/c1-2-3-4-5-6-7-8-9-10-11-12-13-14-15-16-17-18/h6-9H,2-5,10-17H2,1H3. The van der Waals surface area contributed by atoms with Gasteiger partial charge in [-0.2, -0.15) is 0 Å². The molecule has 0 unspecified atom stereocenters. The first-order valence-electron chi connectivity index (χ1n) is 7.79. The van der Waals surface area contributed by atoms with Gasteiger partial charge < -0.3 is 0 Å². The topological polar surface area (TPSA) is 0 Å². The Morgan fingerprint density at radius 1 is 0.667 bits per heavy atom. The molecule has 0 radical (unpaired) electrons. The number of rotatable bonds is 13. The van der Waals surface area contributed by atoms with Gasteiger partial charge in [0, 0.05) is 5.33 Å². The molecule has 0 aliphatic rings. The van der Waals surface area contributed by atoms with E-state index in [9.17, 15) is 0 Å². The van der Waals surface area contributed by atoms with Crippen LogP contribution in [-0.4, -0.2) is 5.33 Å². The van der Waals surface area contributed by atoms with E-state index in [4.69, 9.17) is 0 Å². The second-order valence-corrected chi connectivity index (χ2v) is 5.74. The van der Waals surface area contributed by atoms with Crippen LogP contribution in [0.4, 0.5) is 0 Å². The summed E-state index contributed by atoms with van der Waals surface area (Å²) in [5.41, 5.74) is 0. The third kappa shape index (κ3) is 16.0. The van der Waals surface area contributed by atoms with Crippen molar-refractivity contribution in [3.05, 3.63) is 24.3 Å². The molecule has 0 bridgehead atoms. The summed E-state index contributed by atoms with van der Waals surface area (Å²) in [6, 6.07) is 0. The SMILES string of the molecule is CCCCCC=CC=CCCCCCCCCBr. The Kier molecular flexibility index (Phi) is 16.9. The van der Waals surface area contributed by atoms with Gasteiger partial charge in [-0.05, 0) is 32.1 Å². The Bertz CT molecular complexity index is 194. The van der Waals surface area contributed by atoms with Crippen LogP contribution in [0.5, 0.6) is 0 Å². The van der Waals surface area contributed by atoms with Gasteiger partial charge in [0.15, 0.2) is 0 Å². The summed E-state index contributed by atoms with van der Waals surface area (Å²) in [4.78, 5) is 0. The average Bonchev–Trinajstić information content (AvgIpc) is 2.39. The molecule has 0 aromatic rings. The largest absolute Gasteiger partial charge is 0.0928 e. The van der Waals surface area contributed by atoms with Crippen LogP contribution in [0.15, 0.2) is 24.3 Å². The van der Waals surface area contributed by atoms with E-state index < -0.39 is 0 Å². The number of hydrogen-bond donors (Lipinski definition) is 0. The van der Waals surface area contributed by atoms with Crippen molar-refractivity contribution in [3.8, 4) is 0 Å². The van der Waals surface area contributed by atoms with Crippen LogP contribution in [0.3, 0.4) is 0 Å². The molecule has 18 heavy (non-hydrogen) atoms. The lowest BCUT2D eigenvalue weighted by molar-refractivity contribution is 0.614. The van der Waals surface area contributed by atoms with E-state index in [0.717, 1.165) is 0 Å². The van der Waals surface area contributed by atoms with Gasteiger partial charge >= 0.3 is 0 Å². The molecule has 0 aliphatic heterocycles. The molecule has 0 atom stereocenters. The van der Waals surface area contributed by atoms with E-state index in [2.05, 4.69) is 47.2 Å². The summed E-state index contributed by atoms with van der Waals surface area (Å²) in [5, 5.41) is 1.17. The fourth-order valence-corrected chi connectivity index (χ4v) is 2.32. The van der Waals surface area contributed by atoms with Gasteiger partial charge in [0.25, 0.3) is 0 Å². The molecule has 0 saturated heterocycles. The highest BCUT2D eigenvalue weighted by atomic mass is 79.9. The second-order valence-electron chi connectivity index (χ2n) is 4.95. The van der Waals surface area contributed by atoms with E-state index in [1.807, 2.05) is 0 Å². The summed E-state index contributed by atoms with van der Waals surface area (Å²) in [7, 11) is 0. The monoisotopic (exact) mass is 314 g/mol. The Morgan fingerprint density at radius 2 is 1.17 bits per heavy atom. The maximum atomic E-state index is 3.47. The van der Waals surface area contributed by atoms with E-state index in [-0.39, 0.29) is 0 Å². The molecule has 0 amide bonds. The number of hydrogen-bond acceptors (Lipinski definition) is 0. The number of halogens is 1. The Labute approximate surface area is 123 Å². The molecule has 0 saturated carbocycles. The van der Waals surface area contributed by atoms with Gasteiger partial charge in [-0.1, -0.05) is 85.7 Å². The van der Waals surface area contributed by atoms with Gasteiger partial charge in [-0.15, -0.1) is 0 Å². The van der Waals surface area contributed by atoms with Crippen molar-refractivity contribution in [2.45, 2.75) is 77.6 Å². The van der Waals surface area contributed by atoms with Crippen molar-refractivity contribution < 1.29 is 0 Å². The molecule has 0 spiro atoms. The third-order valence-corrected chi connectivity index (χ3v) is 3.67. The number of unbranched alkanes of at least 4 members (excludes halogenated alkanes) is 9. The molecule has 106 valence electrons. The summed E-state index contributed by atoms with van der Waals surface area (Å²) in [6.45, 7) is 2.25. The van der Waals surface area contributed by atoms with Gasteiger partial charge in [0.2, 0.25) is 0 Å². The summed E-state index contributed by atoms with van der Waals surface area (Å²) in [5.74, 6) is 0. The molecular formula is C17H31Br. The van der Waals surface area contributed by atoms with Crippen molar-refractivity contribution in [1.82, 2.24) is 0 Å². The lowest BCUT2D eigenvalue weighted by atomic mass is 10.1. The van der Waals surface area contributed by atoms with E-state index in [1.165, 1.54) is 76.0 Å². The number of allylic oxidation sites excluding steroid dienone is 4. The van der Waals surface area contributed by atoms with Crippen molar-refractivity contribution in [1.29, 1.82) is 0 Å². The highest BCUT2D eigenvalue weighted by Gasteiger charge is 1.89. The van der Waals surface area contributed by atoms with Crippen LogP contribution in [0, 0.1) is 0 Å². The van der Waals surface area contributed by atoms with Gasteiger partial charge in [-0.25, -0.2) is 0 Å². The number of alkyl halides is 1. The quantitative estimate of drug-likeness (QED) is 0.199. The Balaban J connectivity index is 3.13. The van der Waals surface area contributed by atoms with Crippen molar-refractivity contribution in [3.63, 3.8) is 0 Å². The van der Waals surface area contributed by atoms with Gasteiger partial charge in [0.1, 0.15) is 0 Å². The van der Waals surface area contributed by atoms with Crippen LogP contribution >= 0.6 is 15.9 Å². The first kappa shape index (κ1) is 18.0. The fraction of sp³-hybridized carbons (Fsp3) is 0.765. The molecular weight excluding hydrogens is 284 g/mol. The fourth-order valence-electron chi connectivity index (χ4n) is 1.93. The molecule has 0 heterocycles. The first-order valence-corrected chi connectivity index (χ1v) is 8.91. The highest BCUT2D eigenvalue weighted by molar-refractivity contribution is 9.09. The Hall–Kier alpha value is -0.0400. The molecule has 0 aliphatic carbocycles. The highest BCUT2D eigenvalue weighted by Crippen LogP contribution is 2.08. The van der Waals surface area contributed by atoms with E-state index in [1.54, 1.807) is 0 Å². The van der Waals surface area contributed by atoms with Gasteiger partial charge in [-0.3, -0.25) is 0 Å². The third-order valence-electron chi connectivity index (χ3n) is 3.11. The van der Waals surface area contributed by atoms with Crippen LogP contribution in [-0.2, 0) is 0 Å². The summed E-state index contributed by atoms with van der Waals surface area (Å²) in [6.07, 6.45) is 23.9. The smallest absolute Gasteiger partial charge is 0.00313 e. The zero-order valence-corrected chi connectivity index (χ0v) is 13.8. The zero-order valence-electron chi connectivity index (χ0n) is 12.2. The molecule has 0 aromatic heterocycles. The predicted octanol–water partition coefficient (Wildman–Crippen LogP) is 6.80. The van der Waals surface area contributed by atoms with Crippen molar-refractivity contribution in [2.24, 2.45) is 0 Å². The Morgan fingerprint density at radius 3 is 1.72 bits per heavy atom. The maximum Gasteiger partial charge on any atom is 0.00313 e.